The normalized spacial score (nSPS) is 10.8. The number of carbonyl (C=O) groups is 1. The average Bonchev–Trinajstić information content (AvgIpc) is 3.06. The molecular formula is C20H22ClN5OS. The molecule has 0 radical (unpaired) electrons. The van der Waals surface area contributed by atoms with E-state index in [0.717, 1.165) is 18.5 Å². The summed E-state index contributed by atoms with van der Waals surface area (Å²) in [5.74, 6) is 6.58. The van der Waals surface area contributed by atoms with E-state index in [1.807, 2.05) is 42.5 Å². The Labute approximate surface area is 173 Å². The van der Waals surface area contributed by atoms with Gasteiger partial charge >= 0.3 is 0 Å². The number of carbonyl (C=O) groups excluding carboxylic acids is 1. The summed E-state index contributed by atoms with van der Waals surface area (Å²) >= 11 is 7.41. The van der Waals surface area contributed by atoms with Crippen LogP contribution in [0.1, 0.15) is 25.3 Å². The molecule has 0 unspecified atom stereocenters. The molecule has 1 amide bonds. The number of nitrogens with one attached hydrogen (secondary N) is 1. The molecule has 28 heavy (non-hydrogen) atoms. The largest absolute Gasteiger partial charge is 0.335 e. The molecule has 3 N–H and O–H groups in total. The highest BCUT2D eigenvalue weighted by Crippen LogP contribution is 2.27. The molecule has 1 aromatic heterocycles. The molecule has 0 saturated carbocycles. The number of hydrogen-bond donors (Lipinski definition) is 2. The summed E-state index contributed by atoms with van der Waals surface area (Å²) in [6.07, 6.45) is 3.39. The first-order chi connectivity index (χ1) is 13.6. The minimum Gasteiger partial charge on any atom is -0.335 e. The molecule has 0 aliphatic carbocycles. The number of halogens is 1. The lowest BCUT2D eigenvalue weighted by molar-refractivity contribution is -0.113. The third-order valence-electron chi connectivity index (χ3n) is 4.17. The maximum Gasteiger partial charge on any atom is 0.234 e. The number of aryl methyl sites for hydroxylation is 1. The fourth-order valence-corrected chi connectivity index (χ4v) is 3.54. The van der Waals surface area contributed by atoms with Crippen LogP contribution in [0, 0.1) is 0 Å². The zero-order valence-corrected chi connectivity index (χ0v) is 17.1. The molecule has 3 rings (SSSR count). The van der Waals surface area contributed by atoms with E-state index < -0.39 is 0 Å². The van der Waals surface area contributed by atoms with Crippen molar-refractivity contribution in [3.05, 3.63) is 59.1 Å². The van der Waals surface area contributed by atoms with E-state index in [9.17, 15) is 4.79 Å². The van der Waals surface area contributed by atoms with Gasteiger partial charge in [0.2, 0.25) is 11.1 Å². The van der Waals surface area contributed by atoms with Gasteiger partial charge < -0.3 is 11.2 Å². The summed E-state index contributed by atoms with van der Waals surface area (Å²) in [6, 6.07) is 15.2. The van der Waals surface area contributed by atoms with E-state index in [4.69, 9.17) is 17.4 Å². The van der Waals surface area contributed by atoms with Crippen molar-refractivity contribution in [2.45, 2.75) is 31.3 Å². The number of hydrogen-bond acceptors (Lipinski definition) is 5. The molecule has 0 aliphatic rings. The summed E-state index contributed by atoms with van der Waals surface area (Å²) in [7, 11) is 0. The Morgan fingerprint density at radius 2 is 1.93 bits per heavy atom. The van der Waals surface area contributed by atoms with E-state index in [2.05, 4.69) is 22.4 Å². The van der Waals surface area contributed by atoms with Crippen molar-refractivity contribution < 1.29 is 4.79 Å². The minimum absolute atomic E-state index is 0.131. The topological polar surface area (TPSA) is 85.8 Å². The van der Waals surface area contributed by atoms with Gasteiger partial charge in [-0.2, -0.15) is 0 Å². The zero-order chi connectivity index (χ0) is 19.9. The van der Waals surface area contributed by atoms with Crippen molar-refractivity contribution in [3.8, 4) is 11.4 Å². The van der Waals surface area contributed by atoms with Crippen molar-refractivity contribution in [1.82, 2.24) is 14.9 Å². The Bertz CT molecular complexity index is 942. The summed E-state index contributed by atoms with van der Waals surface area (Å²) in [5, 5.41) is 12.0. The fourth-order valence-electron chi connectivity index (χ4n) is 2.66. The molecule has 0 aliphatic heterocycles. The van der Waals surface area contributed by atoms with E-state index >= 15 is 0 Å². The lowest BCUT2D eigenvalue weighted by Gasteiger charge is -2.07. The third-order valence-corrected chi connectivity index (χ3v) is 5.44. The molecule has 0 saturated heterocycles. The van der Waals surface area contributed by atoms with Gasteiger partial charge in [0.25, 0.3) is 0 Å². The van der Waals surface area contributed by atoms with Gasteiger partial charge in [-0.05, 0) is 42.7 Å². The zero-order valence-electron chi connectivity index (χ0n) is 15.6. The molecule has 0 fully saturated rings. The van der Waals surface area contributed by atoms with Crippen molar-refractivity contribution >= 4 is 35.0 Å². The average molecular weight is 416 g/mol. The van der Waals surface area contributed by atoms with Crippen LogP contribution in [0.3, 0.4) is 0 Å². The number of anilines is 1. The van der Waals surface area contributed by atoms with Crippen LogP contribution >= 0.6 is 23.4 Å². The van der Waals surface area contributed by atoms with Crippen molar-refractivity contribution in [2.75, 3.05) is 16.9 Å². The number of aromatic nitrogens is 3. The van der Waals surface area contributed by atoms with Gasteiger partial charge in [-0.3, -0.25) is 4.79 Å². The van der Waals surface area contributed by atoms with Gasteiger partial charge in [0.05, 0.1) is 10.8 Å². The van der Waals surface area contributed by atoms with Gasteiger partial charge in [0.15, 0.2) is 5.82 Å². The van der Waals surface area contributed by atoms with Crippen LogP contribution in [0.2, 0.25) is 5.02 Å². The van der Waals surface area contributed by atoms with Crippen LogP contribution in [-0.4, -0.2) is 26.5 Å². The Hall–Kier alpha value is -2.51. The molecule has 2 aromatic carbocycles. The van der Waals surface area contributed by atoms with Crippen LogP contribution in [0.4, 0.5) is 5.69 Å². The van der Waals surface area contributed by atoms with Crippen molar-refractivity contribution in [3.63, 3.8) is 0 Å². The van der Waals surface area contributed by atoms with Gasteiger partial charge in [-0.1, -0.05) is 61.0 Å². The van der Waals surface area contributed by atoms with Crippen LogP contribution in [0.15, 0.2) is 53.7 Å². The molecule has 3 aromatic rings. The Morgan fingerprint density at radius 3 is 2.64 bits per heavy atom. The lowest BCUT2D eigenvalue weighted by atomic mass is 10.1. The van der Waals surface area contributed by atoms with Gasteiger partial charge in [0, 0.05) is 11.3 Å². The summed E-state index contributed by atoms with van der Waals surface area (Å²) in [6.45, 7) is 2.17. The van der Waals surface area contributed by atoms with Gasteiger partial charge in [-0.25, -0.2) is 4.68 Å². The number of benzene rings is 2. The monoisotopic (exact) mass is 415 g/mol. The molecule has 146 valence electrons. The lowest BCUT2D eigenvalue weighted by Crippen LogP contribution is -2.16. The molecule has 0 atom stereocenters. The number of nitrogen functional groups attached to an aromatic ring is 1. The number of amides is 1. The maximum atomic E-state index is 12.2. The Kier molecular flexibility index (Phi) is 6.95. The predicted molar refractivity (Wildman–Crippen MR) is 115 cm³/mol. The standard InChI is InChI=1S/C20H22ClN5OS/c1-2-3-6-14-9-11-15(12-10-14)23-18(27)13-28-20-25-24-19(26(20)22)16-7-4-5-8-17(16)21/h4-5,7-12H,2-3,6,13,22H2,1H3,(H,23,27). The number of nitrogens with zero attached hydrogens (tertiary/aromatic N) is 3. The van der Waals surface area contributed by atoms with Crippen LogP contribution in [0.5, 0.6) is 0 Å². The highest BCUT2D eigenvalue weighted by molar-refractivity contribution is 7.99. The second kappa shape index (κ2) is 9.61. The third kappa shape index (κ3) is 5.05. The predicted octanol–water partition coefficient (Wildman–Crippen LogP) is 4.39. The number of nitrogens with two attached hydrogens (primary N) is 1. The maximum absolute atomic E-state index is 12.2. The van der Waals surface area contributed by atoms with Crippen LogP contribution in [0.25, 0.3) is 11.4 Å². The van der Waals surface area contributed by atoms with Crippen LogP contribution in [-0.2, 0) is 11.2 Å². The second-order valence-electron chi connectivity index (χ2n) is 6.29. The number of thioether (sulfide) groups is 1. The SMILES string of the molecule is CCCCc1ccc(NC(=O)CSc2nnc(-c3ccccc3Cl)n2N)cc1. The summed E-state index contributed by atoms with van der Waals surface area (Å²) in [5.41, 5.74) is 2.74. The van der Waals surface area contributed by atoms with Crippen molar-refractivity contribution in [2.24, 2.45) is 0 Å². The Morgan fingerprint density at radius 1 is 1.18 bits per heavy atom. The van der Waals surface area contributed by atoms with Gasteiger partial charge in [0.1, 0.15) is 0 Å². The molecule has 6 nitrogen and oxygen atoms in total. The second-order valence-corrected chi connectivity index (χ2v) is 7.64. The summed E-state index contributed by atoms with van der Waals surface area (Å²) in [4.78, 5) is 12.2. The van der Waals surface area contributed by atoms with E-state index in [0.29, 0.717) is 21.6 Å². The summed E-state index contributed by atoms with van der Waals surface area (Å²) < 4.78 is 1.35. The van der Waals surface area contributed by atoms with Crippen molar-refractivity contribution in [1.29, 1.82) is 0 Å². The first kappa shape index (κ1) is 20.2. The van der Waals surface area contributed by atoms with E-state index in [1.54, 1.807) is 6.07 Å². The molecule has 8 heteroatoms. The highest BCUT2D eigenvalue weighted by Gasteiger charge is 2.15. The van der Waals surface area contributed by atoms with E-state index in [-0.39, 0.29) is 11.7 Å². The molecule has 0 bridgehead atoms. The Balaban J connectivity index is 1.57. The molecular weight excluding hydrogens is 394 g/mol. The smallest absolute Gasteiger partial charge is 0.234 e. The molecule has 1 heterocycles. The van der Waals surface area contributed by atoms with E-state index in [1.165, 1.54) is 28.4 Å². The van der Waals surface area contributed by atoms with Crippen LogP contribution < -0.4 is 11.2 Å². The molecule has 0 spiro atoms. The number of rotatable bonds is 8. The highest BCUT2D eigenvalue weighted by atomic mass is 35.5. The minimum atomic E-state index is -0.131. The van der Waals surface area contributed by atoms with Gasteiger partial charge in [-0.15, -0.1) is 10.2 Å². The number of unbranched alkanes of at least 4 members (excludes halogenated alkanes) is 1. The first-order valence-electron chi connectivity index (χ1n) is 9.05. The quantitative estimate of drug-likeness (QED) is 0.421. The fraction of sp³-hybridized carbons (Fsp3) is 0.250. The first-order valence-corrected chi connectivity index (χ1v) is 10.4.